The average Bonchev–Trinajstić information content (AvgIpc) is 2.92. The van der Waals surface area contributed by atoms with Crippen molar-refractivity contribution in [3.05, 3.63) is 22.4 Å². The van der Waals surface area contributed by atoms with Crippen LogP contribution in [-0.4, -0.2) is 37.0 Å². The number of nitrogens with zero attached hydrogens (tertiary/aromatic N) is 1. The number of hydrogen-bond acceptors (Lipinski definition) is 3. The molecule has 5 heteroatoms. The van der Waals surface area contributed by atoms with Crippen LogP contribution in [0.25, 0.3) is 0 Å². The molecule has 1 aromatic heterocycles. The molecule has 0 saturated carbocycles. The van der Waals surface area contributed by atoms with Gasteiger partial charge in [-0.3, -0.25) is 4.79 Å². The smallest absolute Gasteiger partial charge is 0.222 e. The summed E-state index contributed by atoms with van der Waals surface area (Å²) in [5.74, 6) is 0.325. The Hall–Kier alpha value is -0.580. The number of likely N-dealkylation sites (N-methyl/N-ethyl adjacent to an activating group) is 1. The molecule has 1 saturated heterocycles. The number of rotatable bonds is 5. The molecule has 1 fully saturated rings. The second-order valence-corrected chi connectivity index (χ2v) is 5.93. The van der Waals surface area contributed by atoms with Crippen molar-refractivity contribution in [3.8, 4) is 0 Å². The van der Waals surface area contributed by atoms with E-state index < -0.39 is 0 Å². The van der Waals surface area contributed by atoms with Crippen molar-refractivity contribution in [3.63, 3.8) is 0 Å². The molecule has 1 amide bonds. The lowest BCUT2D eigenvalue weighted by molar-refractivity contribution is -0.132. The Morgan fingerprint density at radius 2 is 2.42 bits per heavy atom. The Morgan fingerprint density at radius 3 is 3.11 bits per heavy atom. The van der Waals surface area contributed by atoms with Gasteiger partial charge in [-0.15, -0.1) is 23.7 Å². The SMILES string of the molecule is CNC1CCCN(C(=O)CCCc2cccs2)C1.Cl. The van der Waals surface area contributed by atoms with E-state index in [1.54, 1.807) is 11.3 Å². The van der Waals surface area contributed by atoms with Crippen LogP contribution in [0.1, 0.15) is 30.6 Å². The first kappa shape index (κ1) is 16.5. The summed E-state index contributed by atoms with van der Waals surface area (Å²) < 4.78 is 0. The third-order valence-corrected chi connectivity index (χ3v) is 4.51. The number of piperidine rings is 1. The molecule has 0 radical (unpaired) electrons. The van der Waals surface area contributed by atoms with Gasteiger partial charge in [0.25, 0.3) is 0 Å². The highest BCUT2D eigenvalue weighted by Crippen LogP contribution is 2.15. The van der Waals surface area contributed by atoms with Gasteiger partial charge in [-0.1, -0.05) is 6.07 Å². The van der Waals surface area contributed by atoms with E-state index in [-0.39, 0.29) is 12.4 Å². The van der Waals surface area contributed by atoms with Crippen LogP contribution >= 0.6 is 23.7 Å². The van der Waals surface area contributed by atoms with Crippen molar-refractivity contribution >= 4 is 29.7 Å². The van der Waals surface area contributed by atoms with Gasteiger partial charge in [-0.2, -0.15) is 0 Å². The topological polar surface area (TPSA) is 32.3 Å². The molecule has 1 aliphatic rings. The molecule has 0 spiro atoms. The van der Waals surface area contributed by atoms with Gasteiger partial charge in [-0.25, -0.2) is 0 Å². The predicted octanol–water partition coefficient (Wildman–Crippen LogP) is 2.70. The van der Waals surface area contributed by atoms with Crippen molar-refractivity contribution in [2.45, 2.75) is 38.1 Å². The molecular weight excluding hydrogens is 280 g/mol. The molecule has 1 aliphatic heterocycles. The maximum Gasteiger partial charge on any atom is 0.222 e. The highest BCUT2D eigenvalue weighted by atomic mass is 35.5. The molecule has 1 aromatic rings. The van der Waals surface area contributed by atoms with Crippen LogP contribution in [0, 0.1) is 0 Å². The Labute approximate surface area is 125 Å². The molecule has 108 valence electrons. The third-order valence-electron chi connectivity index (χ3n) is 3.58. The Balaban J connectivity index is 0.00000180. The summed E-state index contributed by atoms with van der Waals surface area (Å²) in [5.41, 5.74) is 0. The first-order valence-corrected chi connectivity index (χ1v) is 7.65. The van der Waals surface area contributed by atoms with Gasteiger partial charge < -0.3 is 10.2 Å². The lowest BCUT2D eigenvalue weighted by atomic mass is 10.1. The Bertz CT molecular complexity index is 370. The van der Waals surface area contributed by atoms with Crippen LogP contribution in [0.5, 0.6) is 0 Å². The zero-order valence-corrected chi connectivity index (χ0v) is 13.1. The molecule has 2 rings (SSSR count). The highest BCUT2D eigenvalue weighted by molar-refractivity contribution is 7.09. The zero-order valence-electron chi connectivity index (χ0n) is 11.4. The largest absolute Gasteiger partial charge is 0.341 e. The summed E-state index contributed by atoms with van der Waals surface area (Å²) in [7, 11) is 1.98. The minimum absolute atomic E-state index is 0. The summed E-state index contributed by atoms with van der Waals surface area (Å²) in [4.78, 5) is 15.5. The first-order valence-electron chi connectivity index (χ1n) is 6.77. The molecule has 19 heavy (non-hydrogen) atoms. The first-order chi connectivity index (χ1) is 8.79. The maximum absolute atomic E-state index is 12.1. The molecule has 0 aliphatic carbocycles. The number of carbonyl (C=O) groups excluding carboxylic acids is 1. The van der Waals surface area contributed by atoms with E-state index in [0.29, 0.717) is 18.4 Å². The highest BCUT2D eigenvalue weighted by Gasteiger charge is 2.21. The predicted molar refractivity (Wildman–Crippen MR) is 83.2 cm³/mol. The molecule has 0 aromatic carbocycles. The average molecular weight is 303 g/mol. The van der Waals surface area contributed by atoms with Crippen LogP contribution in [0.15, 0.2) is 17.5 Å². The molecule has 2 heterocycles. The number of carbonyl (C=O) groups is 1. The van der Waals surface area contributed by atoms with Crippen molar-refractivity contribution in [1.29, 1.82) is 0 Å². The van der Waals surface area contributed by atoms with E-state index in [1.165, 1.54) is 11.3 Å². The van der Waals surface area contributed by atoms with Crippen LogP contribution in [0.3, 0.4) is 0 Å². The number of aryl methyl sites for hydroxylation is 1. The van der Waals surface area contributed by atoms with Gasteiger partial charge in [-0.05, 0) is 44.2 Å². The molecule has 1 N–H and O–H groups in total. The summed E-state index contributed by atoms with van der Waals surface area (Å²) >= 11 is 1.78. The quantitative estimate of drug-likeness (QED) is 0.907. The van der Waals surface area contributed by atoms with E-state index in [1.807, 2.05) is 11.9 Å². The van der Waals surface area contributed by atoms with E-state index in [0.717, 1.165) is 32.4 Å². The number of thiophene rings is 1. The maximum atomic E-state index is 12.1. The van der Waals surface area contributed by atoms with E-state index in [4.69, 9.17) is 0 Å². The zero-order chi connectivity index (χ0) is 12.8. The van der Waals surface area contributed by atoms with Gasteiger partial charge >= 0.3 is 0 Å². The fourth-order valence-corrected chi connectivity index (χ4v) is 3.22. The second kappa shape index (κ2) is 8.56. The standard InChI is InChI=1S/C14H22N2OS.ClH/c1-15-12-5-3-9-16(11-12)14(17)8-2-6-13-7-4-10-18-13;/h4,7,10,12,15H,2-3,5-6,8-9,11H2,1H3;1H. The fraction of sp³-hybridized carbons (Fsp3) is 0.643. The summed E-state index contributed by atoms with van der Waals surface area (Å²) in [6.45, 7) is 1.82. The van der Waals surface area contributed by atoms with Crippen LogP contribution in [0.4, 0.5) is 0 Å². The number of likely N-dealkylation sites (tertiary alicyclic amines) is 1. The Kier molecular flexibility index (Phi) is 7.42. The van der Waals surface area contributed by atoms with Crippen LogP contribution in [0.2, 0.25) is 0 Å². The van der Waals surface area contributed by atoms with Gasteiger partial charge in [0, 0.05) is 30.4 Å². The summed E-state index contributed by atoms with van der Waals surface area (Å²) in [5, 5.41) is 5.37. The Morgan fingerprint density at radius 1 is 1.58 bits per heavy atom. The monoisotopic (exact) mass is 302 g/mol. The molecule has 1 unspecified atom stereocenters. The van der Waals surface area contributed by atoms with Crippen molar-refractivity contribution in [2.24, 2.45) is 0 Å². The van der Waals surface area contributed by atoms with E-state index in [9.17, 15) is 4.79 Å². The van der Waals surface area contributed by atoms with Gasteiger partial charge in [0.15, 0.2) is 0 Å². The number of hydrogen-bond donors (Lipinski definition) is 1. The minimum Gasteiger partial charge on any atom is -0.341 e. The lowest BCUT2D eigenvalue weighted by Gasteiger charge is -2.32. The second-order valence-electron chi connectivity index (χ2n) is 4.90. The van der Waals surface area contributed by atoms with Crippen molar-refractivity contribution < 1.29 is 4.79 Å². The molecule has 3 nitrogen and oxygen atoms in total. The minimum atomic E-state index is 0. The van der Waals surface area contributed by atoms with Crippen LogP contribution in [-0.2, 0) is 11.2 Å². The van der Waals surface area contributed by atoms with E-state index >= 15 is 0 Å². The number of halogens is 1. The van der Waals surface area contributed by atoms with Gasteiger partial charge in [0.1, 0.15) is 0 Å². The molecule has 1 atom stereocenters. The van der Waals surface area contributed by atoms with Crippen molar-refractivity contribution in [2.75, 3.05) is 20.1 Å². The van der Waals surface area contributed by atoms with Gasteiger partial charge in [0.05, 0.1) is 0 Å². The number of nitrogens with one attached hydrogen (secondary N) is 1. The lowest BCUT2D eigenvalue weighted by Crippen LogP contribution is -2.46. The van der Waals surface area contributed by atoms with Crippen LogP contribution < -0.4 is 5.32 Å². The molecule has 0 bridgehead atoms. The van der Waals surface area contributed by atoms with Crippen molar-refractivity contribution in [1.82, 2.24) is 10.2 Å². The third kappa shape index (κ3) is 5.13. The van der Waals surface area contributed by atoms with E-state index in [2.05, 4.69) is 22.8 Å². The number of amides is 1. The normalized spacial score (nSPS) is 19.0. The molecular formula is C14H23ClN2OS. The summed E-state index contributed by atoms with van der Waals surface area (Å²) in [6, 6.07) is 4.71. The fourth-order valence-electron chi connectivity index (χ4n) is 2.47. The van der Waals surface area contributed by atoms with Gasteiger partial charge in [0.2, 0.25) is 5.91 Å². The summed E-state index contributed by atoms with van der Waals surface area (Å²) in [6.07, 6.45) is 5.01.